The Labute approximate surface area is 179 Å². The van der Waals surface area contributed by atoms with Gasteiger partial charge in [-0.2, -0.15) is 5.10 Å². The van der Waals surface area contributed by atoms with Gasteiger partial charge in [0.15, 0.2) is 0 Å². The number of methoxy groups -OCH3 is 1. The molecule has 2 heterocycles. The second-order valence-corrected chi connectivity index (χ2v) is 8.10. The lowest BCUT2D eigenvalue weighted by Gasteiger charge is -2.29. The Bertz CT molecular complexity index is 912. The average Bonchev–Trinajstić information content (AvgIpc) is 3.20. The van der Waals surface area contributed by atoms with Crippen LogP contribution in [0.1, 0.15) is 23.6 Å². The molecule has 2 aromatic carbocycles. The first-order chi connectivity index (χ1) is 14.1. The highest BCUT2D eigenvalue weighted by Crippen LogP contribution is 2.34. The smallest absolute Gasteiger partial charge is 0.257 e. The average molecular weight is 458 g/mol. The highest BCUT2D eigenvalue weighted by Gasteiger charge is 2.34. The Morgan fingerprint density at radius 3 is 2.76 bits per heavy atom. The number of morpholine rings is 1. The number of halogens is 1. The van der Waals surface area contributed by atoms with Crippen molar-refractivity contribution in [3.05, 3.63) is 64.1 Å². The molecule has 0 aliphatic carbocycles. The van der Waals surface area contributed by atoms with Gasteiger partial charge in [0.05, 0.1) is 38.6 Å². The number of benzene rings is 2. The predicted molar refractivity (Wildman–Crippen MR) is 115 cm³/mol. The third-order valence-corrected chi connectivity index (χ3v) is 5.76. The van der Waals surface area contributed by atoms with Crippen LogP contribution in [0.25, 0.3) is 0 Å². The molecule has 0 spiro atoms. The van der Waals surface area contributed by atoms with Gasteiger partial charge in [0, 0.05) is 24.0 Å². The van der Waals surface area contributed by atoms with Crippen molar-refractivity contribution in [2.24, 2.45) is 5.10 Å². The van der Waals surface area contributed by atoms with Gasteiger partial charge >= 0.3 is 0 Å². The Balaban J connectivity index is 1.62. The first kappa shape index (κ1) is 20.1. The van der Waals surface area contributed by atoms with Crippen LogP contribution in [0.15, 0.2) is 58.1 Å². The molecule has 0 bridgehead atoms. The fraction of sp³-hybridized carbons (Fsp3) is 0.364. The van der Waals surface area contributed by atoms with Crippen molar-refractivity contribution in [3.8, 4) is 5.75 Å². The predicted octanol–water partition coefficient (Wildman–Crippen LogP) is 3.47. The summed E-state index contributed by atoms with van der Waals surface area (Å²) in [5.74, 6) is 0.781. The van der Waals surface area contributed by atoms with Crippen LogP contribution in [-0.2, 0) is 9.53 Å². The lowest BCUT2D eigenvalue weighted by molar-refractivity contribution is -0.135. The Kier molecular flexibility index (Phi) is 6.28. The zero-order chi connectivity index (χ0) is 20.2. The van der Waals surface area contributed by atoms with Gasteiger partial charge in [-0.1, -0.05) is 40.2 Å². The summed E-state index contributed by atoms with van der Waals surface area (Å²) in [5.41, 5.74) is 2.96. The number of hydrogen-bond acceptors (Lipinski definition) is 5. The summed E-state index contributed by atoms with van der Waals surface area (Å²) in [6.45, 7) is 3.22. The van der Waals surface area contributed by atoms with Crippen LogP contribution in [0.2, 0.25) is 0 Å². The second kappa shape index (κ2) is 9.07. The molecule has 1 amide bonds. The van der Waals surface area contributed by atoms with E-state index in [1.807, 2.05) is 48.5 Å². The molecule has 2 aromatic rings. The van der Waals surface area contributed by atoms with E-state index < -0.39 is 0 Å². The molecule has 0 radical (unpaired) electrons. The van der Waals surface area contributed by atoms with Crippen LogP contribution in [0, 0.1) is 0 Å². The van der Waals surface area contributed by atoms with E-state index in [0.717, 1.165) is 40.2 Å². The zero-order valence-electron chi connectivity index (χ0n) is 16.4. The van der Waals surface area contributed by atoms with E-state index in [1.165, 1.54) is 0 Å². The summed E-state index contributed by atoms with van der Waals surface area (Å²) < 4.78 is 11.8. The third-order valence-electron chi connectivity index (χ3n) is 5.26. The molecule has 0 aromatic heterocycles. The molecule has 0 N–H and O–H groups in total. The number of nitrogens with zero attached hydrogens (tertiary/aromatic N) is 3. The fourth-order valence-electron chi connectivity index (χ4n) is 3.71. The van der Waals surface area contributed by atoms with Crippen molar-refractivity contribution < 1.29 is 14.3 Å². The summed E-state index contributed by atoms with van der Waals surface area (Å²) in [7, 11) is 1.65. The van der Waals surface area contributed by atoms with E-state index in [-0.39, 0.29) is 11.9 Å². The highest BCUT2D eigenvalue weighted by molar-refractivity contribution is 9.10. The van der Waals surface area contributed by atoms with Gasteiger partial charge < -0.3 is 9.47 Å². The molecule has 29 heavy (non-hydrogen) atoms. The molecule has 2 aliphatic heterocycles. The third kappa shape index (κ3) is 4.69. The molecule has 1 atom stereocenters. The van der Waals surface area contributed by atoms with E-state index in [2.05, 4.69) is 20.8 Å². The van der Waals surface area contributed by atoms with E-state index in [9.17, 15) is 4.79 Å². The summed E-state index contributed by atoms with van der Waals surface area (Å²) in [6, 6.07) is 15.8. The van der Waals surface area contributed by atoms with Gasteiger partial charge in [0.2, 0.25) is 0 Å². The van der Waals surface area contributed by atoms with Crippen LogP contribution in [0.3, 0.4) is 0 Å². The number of hydrogen-bond donors (Lipinski definition) is 0. The number of ether oxygens (including phenoxy) is 2. The maximum Gasteiger partial charge on any atom is 0.257 e. The summed E-state index contributed by atoms with van der Waals surface area (Å²) in [4.78, 5) is 15.3. The molecule has 1 fully saturated rings. The molecular formula is C22H24BrN3O3. The molecular weight excluding hydrogens is 434 g/mol. The van der Waals surface area contributed by atoms with Crippen LogP contribution in [-0.4, -0.2) is 61.5 Å². The SMILES string of the molecule is COc1cccc([C@H]2CC(c3cccc(Br)c3)=NN2C(=O)CN2CCOCC2)c1. The van der Waals surface area contributed by atoms with Gasteiger partial charge in [0.1, 0.15) is 5.75 Å². The molecule has 152 valence electrons. The lowest BCUT2D eigenvalue weighted by atomic mass is 9.98. The first-order valence-electron chi connectivity index (χ1n) is 9.73. The second-order valence-electron chi connectivity index (χ2n) is 7.18. The van der Waals surface area contributed by atoms with Crippen LogP contribution in [0.5, 0.6) is 5.75 Å². The number of carbonyl (C=O) groups excluding carboxylic acids is 1. The zero-order valence-corrected chi connectivity index (χ0v) is 18.0. The van der Waals surface area contributed by atoms with Crippen molar-refractivity contribution >= 4 is 27.5 Å². The highest BCUT2D eigenvalue weighted by atomic mass is 79.9. The van der Waals surface area contributed by atoms with Crippen molar-refractivity contribution in [1.29, 1.82) is 0 Å². The molecule has 6 nitrogen and oxygen atoms in total. The van der Waals surface area contributed by atoms with E-state index in [4.69, 9.17) is 14.6 Å². The molecule has 1 saturated heterocycles. The van der Waals surface area contributed by atoms with Crippen LogP contribution < -0.4 is 4.74 Å². The van der Waals surface area contributed by atoms with Gasteiger partial charge in [0.25, 0.3) is 5.91 Å². The molecule has 7 heteroatoms. The number of hydrazone groups is 1. The minimum Gasteiger partial charge on any atom is -0.497 e. The van der Waals surface area contributed by atoms with Crippen molar-refractivity contribution in [2.45, 2.75) is 12.5 Å². The van der Waals surface area contributed by atoms with Crippen molar-refractivity contribution in [2.75, 3.05) is 40.0 Å². The van der Waals surface area contributed by atoms with E-state index >= 15 is 0 Å². The van der Waals surface area contributed by atoms with Crippen LogP contribution in [0.4, 0.5) is 0 Å². The molecule has 2 aliphatic rings. The molecule has 0 unspecified atom stereocenters. The standard InChI is InChI=1S/C22H24BrN3O3/c1-28-19-7-3-5-17(13-19)21-14-20(16-4-2-6-18(23)12-16)24-26(21)22(27)15-25-8-10-29-11-9-25/h2-7,12-13,21H,8-11,14-15H2,1H3/t21-/m1/s1. The monoisotopic (exact) mass is 457 g/mol. The topological polar surface area (TPSA) is 54.4 Å². The van der Waals surface area contributed by atoms with Crippen molar-refractivity contribution in [1.82, 2.24) is 9.91 Å². The minimum atomic E-state index is -0.146. The fourth-order valence-corrected chi connectivity index (χ4v) is 4.11. The largest absolute Gasteiger partial charge is 0.497 e. The Hall–Kier alpha value is -2.22. The van der Waals surface area contributed by atoms with Gasteiger partial charge in [-0.05, 0) is 35.4 Å². The first-order valence-corrected chi connectivity index (χ1v) is 10.5. The molecule has 4 rings (SSSR count). The van der Waals surface area contributed by atoms with Gasteiger partial charge in [-0.25, -0.2) is 5.01 Å². The summed E-state index contributed by atoms with van der Waals surface area (Å²) in [5, 5.41) is 6.41. The minimum absolute atomic E-state index is 0.00437. The van der Waals surface area contributed by atoms with E-state index in [0.29, 0.717) is 26.2 Å². The summed E-state index contributed by atoms with van der Waals surface area (Å²) >= 11 is 3.53. The van der Waals surface area contributed by atoms with Crippen LogP contribution >= 0.6 is 15.9 Å². The quantitative estimate of drug-likeness (QED) is 0.689. The Morgan fingerprint density at radius 2 is 2.00 bits per heavy atom. The lowest BCUT2D eigenvalue weighted by Crippen LogP contribution is -2.43. The van der Waals surface area contributed by atoms with Gasteiger partial charge in [-0.3, -0.25) is 9.69 Å². The number of amides is 1. The number of carbonyl (C=O) groups is 1. The van der Waals surface area contributed by atoms with Gasteiger partial charge in [-0.15, -0.1) is 0 Å². The van der Waals surface area contributed by atoms with Crippen molar-refractivity contribution in [3.63, 3.8) is 0 Å². The number of rotatable bonds is 5. The maximum absolute atomic E-state index is 13.2. The maximum atomic E-state index is 13.2. The van der Waals surface area contributed by atoms with E-state index in [1.54, 1.807) is 12.1 Å². The summed E-state index contributed by atoms with van der Waals surface area (Å²) in [6.07, 6.45) is 0.665. The normalized spacial score (nSPS) is 19.9. The Morgan fingerprint density at radius 1 is 1.21 bits per heavy atom. The molecule has 0 saturated carbocycles.